The molecule has 0 aromatic carbocycles. The number of aromatic nitrogens is 2. The van der Waals surface area contributed by atoms with Gasteiger partial charge in [-0.05, 0) is 51.2 Å². The number of piperidine rings is 1. The molecule has 0 spiro atoms. The molecular weight excluding hydrogens is 312 g/mol. The molecule has 0 unspecified atom stereocenters. The van der Waals surface area contributed by atoms with Gasteiger partial charge in [-0.15, -0.1) is 0 Å². The predicted octanol–water partition coefficient (Wildman–Crippen LogP) is 3.41. The highest BCUT2D eigenvalue weighted by Gasteiger charge is 2.17. The lowest BCUT2D eigenvalue weighted by atomic mass is 10.0. The van der Waals surface area contributed by atoms with Crippen LogP contribution in [-0.4, -0.2) is 41.8 Å². The molecule has 1 aliphatic heterocycles. The van der Waals surface area contributed by atoms with Crippen LogP contribution in [-0.2, 0) is 6.42 Å². The largest absolute Gasteiger partial charge is 0.396 e. The van der Waals surface area contributed by atoms with Crippen molar-refractivity contribution in [1.82, 2.24) is 9.97 Å². The number of rotatable bonds is 6. The molecule has 0 amide bonds. The monoisotopic (exact) mass is 340 g/mol. The zero-order chi connectivity index (χ0) is 17.6. The van der Waals surface area contributed by atoms with Crippen LogP contribution < -0.4 is 10.2 Å². The first-order valence-electron chi connectivity index (χ1n) is 9.22. The van der Waals surface area contributed by atoms with Crippen LogP contribution in [0.1, 0.15) is 37.1 Å². The summed E-state index contributed by atoms with van der Waals surface area (Å²) in [6.07, 6.45) is 9.15. The van der Waals surface area contributed by atoms with E-state index in [-0.39, 0.29) is 6.61 Å². The van der Waals surface area contributed by atoms with E-state index < -0.39 is 0 Å². The lowest BCUT2D eigenvalue weighted by Gasteiger charge is -2.30. The maximum atomic E-state index is 9.20. The van der Waals surface area contributed by atoms with E-state index in [4.69, 9.17) is 4.98 Å². The van der Waals surface area contributed by atoms with E-state index in [1.165, 1.54) is 24.9 Å². The lowest BCUT2D eigenvalue weighted by Crippen LogP contribution is -2.30. The van der Waals surface area contributed by atoms with E-state index in [1.54, 1.807) is 0 Å². The third-order valence-electron chi connectivity index (χ3n) is 4.90. The third-order valence-corrected chi connectivity index (χ3v) is 4.90. The summed E-state index contributed by atoms with van der Waals surface area (Å²) in [5, 5.41) is 12.4. The van der Waals surface area contributed by atoms with Gasteiger partial charge >= 0.3 is 0 Å². The minimum Gasteiger partial charge on any atom is -0.396 e. The van der Waals surface area contributed by atoms with E-state index in [1.807, 2.05) is 26.4 Å². The molecule has 134 valence electrons. The Morgan fingerprint density at radius 1 is 1.12 bits per heavy atom. The van der Waals surface area contributed by atoms with Gasteiger partial charge in [-0.3, -0.25) is 9.97 Å². The molecule has 0 saturated carbocycles. The van der Waals surface area contributed by atoms with Gasteiger partial charge < -0.3 is 15.3 Å². The molecule has 2 aromatic rings. The summed E-state index contributed by atoms with van der Waals surface area (Å²) < 4.78 is 0. The van der Waals surface area contributed by atoms with Crippen LogP contribution in [0.5, 0.6) is 0 Å². The smallest absolute Gasteiger partial charge is 0.0638 e. The lowest BCUT2D eigenvalue weighted by molar-refractivity contribution is 0.288. The summed E-state index contributed by atoms with van der Waals surface area (Å²) in [5.74, 6) is 0. The zero-order valence-corrected chi connectivity index (χ0v) is 15.3. The summed E-state index contributed by atoms with van der Waals surface area (Å²) in [5.41, 5.74) is 6.55. The molecule has 1 aliphatic rings. The Morgan fingerprint density at radius 2 is 1.92 bits per heavy atom. The highest BCUT2D eigenvalue weighted by atomic mass is 16.2. The molecule has 0 radical (unpaired) electrons. The fraction of sp³-hybridized carbons (Fsp3) is 0.500. The van der Waals surface area contributed by atoms with Crippen molar-refractivity contribution in [3.63, 3.8) is 0 Å². The van der Waals surface area contributed by atoms with Gasteiger partial charge in [-0.25, -0.2) is 0 Å². The standard InChI is InChI=1S/C20H28N4O/c1-15-18(12-17(21-2)14-22-15)16-11-20(24-8-4-3-5-9-24)19(23-13-16)7-6-10-25/h11-14,21,25H,3-10H2,1-2H3. The van der Waals surface area contributed by atoms with Crippen molar-refractivity contribution in [2.24, 2.45) is 0 Å². The van der Waals surface area contributed by atoms with E-state index in [0.717, 1.165) is 54.1 Å². The van der Waals surface area contributed by atoms with Gasteiger partial charge in [-0.1, -0.05) is 0 Å². The second-order valence-corrected chi connectivity index (χ2v) is 6.67. The van der Waals surface area contributed by atoms with Gasteiger partial charge in [0.1, 0.15) is 0 Å². The average Bonchev–Trinajstić information content (AvgIpc) is 2.67. The minimum atomic E-state index is 0.204. The number of hydrogen-bond donors (Lipinski definition) is 2. The molecule has 2 N–H and O–H groups in total. The number of aliphatic hydroxyl groups excluding tert-OH is 1. The summed E-state index contributed by atoms with van der Waals surface area (Å²) in [7, 11) is 1.91. The molecule has 2 aromatic heterocycles. The highest BCUT2D eigenvalue weighted by molar-refractivity contribution is 5.73. The van der Waals surface area contributed by atoms with Crippen LogP contribution in [0.25, 0.3) is 11.1 Å². The van der Waals surface area contributed by atoms with Crippen molar-refractivity contribution in [2.75, 3.05) is 37.0 Å². The highest BCUT2D eigenvalue weighted by Crippen LogP contribution is 2.31. The Bertz CT molecular complexity index is 711. The van der Waals surface area contributed by atoms with E-state index in [2.05, 4.69) is 27.3 Å². The molecule has 0 aliphatic carbocycles. The van der Waals surface area contributed by atoms with E-state index >= 15 is 0 Å². The number of aliphatic hydroxyl groups is 1. The second kappa shape index (κ2) is 8.30. The zero-order valence-electron chi connectivity index (χ0n) is 15.3. The molecular formula is C20H28N4O. The Hall–Kier alpha value is -2.14. The minimum absolute atomic E-state index is 0.204. The molecule has 5 heteroatoms. The quantitative estimate of drug-likeness (QED) is 0.844. The van der Waals surface area contributed by atoms with E-state index in [0.29, 0.717) is 0 Å². The molecule has 25 heavy (non-hydrogen) atoms. The molecule has 1 fully saturated rings. The van der Waals surface area contributed by atoms with Crippen molar-refractivity contribution in [3.8, 4) is 11.1 Å². The molecule has 3 heterocycles. The van der Waals surface area contributed by atoms with Crippen molar-refractivity contribution in [1.29, 1.82) is 0 Å². The van der Waals surface area contributed by atoms with Gasteiger partial charge in [0.2, 0.25) is 0 Å². The Labute approximate surface area is 150 Å². The predicted molar refractivity (Wildman–Crippen MR) is 103 cm³/mol. The summed E-state index contributed by atoms with van der Waals surface area (Å²) in [4.78, 5) is 11.7. The summed E-state index contributed by atoms with van der Waals surface area (Å²) in [6.45, 7) is 4.42. The van der Waals surface area contributed by atoms with Gasteiger partial charge in [0.25, 0.3) is 0 Å². The first-order valence-corrected chi connectivity index (χ1v) is 9.22. The first kappa shape index (κ1) is 17.7. The van der Waals surface area contributed by atoms with Crippen LogP contribution in [0.2, 0.25) is 0 Å². The maximum absolute atomic E-state index is 9.20. The topological polar surface area (TPSA) is 61.3 Å². The number of nitrogens with zero attached hydrogens (tertiary/aromatic N) is 3. The maximum Gasteiger partial charge on any atom is 0.0638 e. The van der Waals surface area contributed by atoms with Crippen LogP contribution in [0.3, 0.4) is 0 Å². The summed E-state index contributed by atoms with van der Waals surface area (Å²) in [6, 6.07) is 4.39. The van der Waals surface area contributed by atoms with E-state index in [9.17, 15) is 5.11 Å². The number of pyridine rings is 2. The molecule has 3 rings (SSSR count). The van der Waals surface area contributed by atoms with Gasteiger partial charge in [0.15, 0.2) is 0 Å². The number of nitrogens with one attached hydrogen (secondary N) is 1. The Balaban J connectivity index is 2.00. The Morgan fingerprint density at radius 3 is 2.64 bits per heavy atom. The van der Waals surface area contributed by atoms with Crippen LogP contribution in [0.4, 0.5) is 11.4 Å². The number of anilines is 2. The SMILES string of the molecule is CNc1cnc(C)c(-c2cnc(CCCO)c(N3CCCCC3)c2)c1. The fourth-order valence-corrected chi connectivity index (χ4v) is 3.44. The summed E-state index contributed by atoms with van der Waals surface area (Å²) >= 11 is 0. The normalized spacial score (nSPS) is 14.6. The molecule has 5 nitrogen and oxygen atoms in total. The second-order valence-electron chi connectivity index (χ2n) is 6.67. The van der Waals surface area contributed by atoms with Gasteiger partial charge in [0, 0.05) is 49.8 Å². The fourth-order valence-electron chi connectivity index (χ4n) is 3.44. The van der Waals surface area contributed by atoms with Gasteiger partial charge in [0.05, 0.1) is 23.3 Å². The van der Waals surface area contributed by atoms with Crippen molar-refractivity contribution >= 4 is 11.4 Å². The molecule has 1 saturated heterocycles. The molecule has 0 atom stereocenters. The van der Waals surface area contributed by atoms with Crippen molar-refractivity contribution in [3.05, 3.63) is 35.9 Å². The third kappa shape index (κ3) is 4.10. The van der Waals surface area contributed by atoms with Gasteiger partial charge in [-0.2, -0.15) is 0 Å². The van der Waals surface area contributed by atoms with Crippen molar-refractivity contribution < 1.29 is 5.11 Å². The van der Waals surface area contributed by atoms with Crippen molar-refractivity contribution in [2.45, 2.75) is 39.0 Å². The Kier molecular flexibility index (Phi) is 5.87. The average molecular weight is 340 g/mol. The molecule has 0 bridgehead atoms. The van der Waals surface area contributed by atoms with Crippen LogP contribution in [0.15, 0.2) is 24.5 Å². The number of aryl methyl sites for hydroxylation is 2. The van der Waals surface area contributed by atoms with Crippen LogP contribution >= 0.6 is 0 Å². The van der Waals surface area contributed by atoms with Crippen LogP contribution in [0, 0.1) is 6.92 Å². The number of hydrogen-bond acceptors (Lipinski definition) is 5. The first-order chi connectivity index (χ1) is 12.2.